The Kier molecular flexibility index (Phi) is 4.02. The maximum absolute atomic E-state index is 11.6. The summed E-state index contributed by atoms with van der Waals surface area (Å²) in [6.45, 7) is 1.08. The number of rotatable bonds is 5. The van der Waals surface area contributed by atoms with Crippen LogP contribution in [0.3, 0.4) is 0 Å². The Morgan fingerprint density at radius 3 is 2.56 bits per heavy atom. The number of nitrogens with one attached hydrogen (secondary N) is 1. The number of benzene rings is 1. The second-order valence-electron chi connectivity index (χ2n) is 3.58. The second kappa shape index (κ2) is 5.13. The fourth-order valence-electron chi connectivity index (χ4n) is 1.18. The van der Waals surface area contributed by atoms with E-state index in [1.54, 1.807) is 0 Å². The minimum absolute atomic E-state index is 0.182. The van der Waals surface area contributed by atoms with Gasteiger partial charge in [-0.05, 0) is 25.1 Å². The molecule has 0 saturated heterocycles. The summed E-state index contributed by atoms with van der Waals surface area (Å²) in [7, 11) is -2.56. The van der Waals surface area contributed by atoms with Gasteiger partial charge in [0.25, 0.3) is 0 Å². The molecule has 0 fully saturated rings. The average Bonchev–Trinajstić information content (AvgIpc) is 2.27. The Labute approximate surface area is 105 Å². The molecule has 0 bridgehead atoms. The minimum Gasteiger partial charge on any atom is -0.495 e. The first-order chi connectivity index (χ1) is 8.27. The molecule has 1 atom stereocenters. The van der Waals surface area contributed by atoms with Crippen LogP contribution < -0.4 is 15.2 Å². The summed E-state index contributed by atoms with van der Waals surface area (Å²) in [4.78, 5) is 10.6. The van der Waals surface area contributed by atoms with Gasteiger partial charge >= 0.3 is 5.97 Å². The summed E-state index contributed by atoms with van der Waals surface area (Å²) in [5.74, 6) is -1.02. The van der Waals surface area contributed by atoms with Gasteiger partial charge in [-0.1, -0.05) is 0 Å². The van der Waals surface area contributed by atoms with E-state index >= 15 is 0 Å². The highest BCUT2D eigenvalue weighted by Crippen LogP contribution is 2.25. The second-order valence-corrected chi connectivity index (χ2v) is 5.59. The van der Waals surface area contributed by atoms with Crippen molar-refractivity contribution in [3.63, 3.8) is 0 Å². The summed E-state index contributed by atoms with van der Waals surface area (Å²) in [6, 6.07) is 4.27. The first kappa shape index (κ1) is 14.1. The van der Waals surface area contributed by atoms with Crippen molar-refractivity contribution >= 4 is 27.4 Å². The Hall–Kier alpha value is -1.96. The highest BCUT2D eigenvalue weighted by Gasteiger charge is 2.27. The van der Waals surface area contributed by atoms with Crippen LogP contribution in [0.25, 0.3) is 0 Å². The van der Waals surface area contributed by atoms with Crippen molar-refractivity contribution in [2.24, 2.45) is 0 Å². The van der Waals surface area contributed by atoms with Crippen molar-refractivity contribution in [1.82, 2.24) is 0 Å². The molecular formula is C10H14N2O5S. The number of sulfonamides is 1. The average molecular weight is 274 g/mol. The molecule has 0 aliphatic rings. The van der Waals surface area contributed by atoms with Crippen molar-refractivity contribution in [3.05, 3.63) is 18.2 Å². The van der Waals surface area contributed by atoms with Gasteiger partial charge in [0.1, 0.15) is 5.75 Å². The molecule has 1 aromatic rings. The molecule has 8 heteroatoms. The molecule has 7 nitrogen and oxygen atoms in total. The number of hydrogen-bond acceptors (Lipinski definition) is 5. The number of methoxy groups -OCH3 is 1. The highest BCUT2D eigenvalue weighted by molar-refractivity contribution is 7.94. The molecule has 0 spiro atoms. The zero-order valence-corrected chi connectivity index (χ0v) is 10.7. The van der Waals surface area contributed by atoms with Gasteiger partial charge in [-0.3, -0.25) is 9.52 Å². The summed E-state index contributed by atoms with van der Waals surface area (Å²) in [5.41, 5.74) is 6.04. The van der Waals surface area contributed by atoms with E-state index in [1.165, 1.54) is 25.3 Å². The number of hydrogen-bond donors (Lipinski definition) is 3. The third-order valence-electron chi connectivity index (χ3n) is 2.30. The van der Waals surface area contributed by atoms with Crippen molar-refractivity contribution in [3.8, 4) is 5.75 Å². The smallest absolute Gasteiger partial charge is 0.323 e. The number of carbonyl (C=O) groups is 1. The van der Waals surface area contributed by atoms with Crippen molar-refractivity contribution in [2.45, 2.75) is 12.2 Å². The first-order valence-corrected chi connectivity index (χ1v) is 6.50. The Bertz CT molecular complexity index is 555. The summed E-state index contributed by atoms with van der Waals surface area (Å²) in [5, 5.41) is 7.11. The highest BCUT2D eigenvalue weighted by atomic mass is 32.2. The summed E-state index contributed by atoms with van der Waals surface area (Å²) < 4.78 is 30.4. The summed E-state index contributed by atoms with van der Waals surface area (Å²) in [6.07, 6.45) is 0. The lowest BCUT2D eigenvalue weighted by atomic mass is 10.2. The van der Waals surface area contributed by atoms with Crippen LogP contribution >= 0.6 is 0 Å². The van der Waals surface area contributed by atoms with E-state index in [9.17, 15) is 13.2 Å². The third-order valence-corrected chi connectivity index (χ3v) is 3.96. The maximum atomic E-state index is 11.6. The molecule has 0 aliphatic carbocycles. The monoisotopic (exact) mass is 274 g/mol. The normalized spacial score (nSPS) is 12.8. The van der Waals surface area contributed by atoms with Crippen molar-refractivity contribution in [1.29, 1.82) is 0 Å². The van der Waals surface area contributed by atoms with E-state index < -0.39 is 21.2 Å². The SMILES string of the molecule is COc1ccc(NS(=O)(=O)C(C)C(=O)O)cc1N. The van der Waals surface area contributed by atoms with Gasteiger partial charge in [-0.15, -0.1) is 0 Å². The molecule has 4 N–H and O–H groups in total. The number of anilines is 2. The molecule has 1 unspecified atom stereocenters. The molecule has 1 rings (SSSR count). The number of nitrogen functional groups attached to an aromatic ring is 1. The van der Waals surface area contributed by atoms with Gasteiger partial charge in [-0.2, -0.15) is 0 Å². The van der Waals surface area contributed by atoms with Crippen LogP contribution in [-0.2, 0) is 14.8 Å². The predicted molar refractivity (Wildman–Crippen MR) is 67.0 cm³/mol. The van der Waals surface area contributed by atoms with E-state index in [0.717, 1.165) is 6.92 Å². The maximum Gasteiger partial charge on any atom is 0.323 e. The van der Waals surface area contributed by atoms with E-state index in [2.05, 4.69) is 4.72 Å². The molecule has 0 amide bonds. The predicted octanol–water partition coefficient (Wildman–Crippen LogP) is 0.492. The van der Waals surface area contributed by atoms with Crippen LogP contribution in [0.15, 0.2) is 18.2 Å². The number of nitrogens with two attached hydrogens (primary N) is 1. The lowest BCUT2D eigenvalue weighted by Gasteiger charge is -2.12. The van der Waals surface area contributed by atoms with Gasteiger partial charge in [0, 0.05) is 0 Å². The quantitative estimate of drug-likeness (QED) is 0.672. The molecule has 0 aliphatic heterocycles. The summed E-state index contributed by atoms with van der Waals surface area (Å²) >= 11 is 0. The zero-order chi connectivity index (χ0) is 13.9. The van der Waals surface area contributed by atoms with E-state index in [4.69, 9.17) is 15.6 Å². The zero-order valence-electron chi connectivity index (χ0n) is 9.88. The number of aliphatic carboxylic acids is 1. The molecule has 1 aromatic carbocycles. The minimum atomic E-state index is -3.99. The van der Waals surface area contributed by atoms with Gasteiger partial charge in [-0.25, -0.2) is 8.42 Å². The Morgan fingerprint density at radius 2 is 2.11 bits per heavy atom. The van der Waals surface area contributed by atoms with Gasteiger partial charge in [0.2, 0.25) is 10.0 Å². The lowest BCUT2D eigenvalue weighted by molar-refractivity contribution is -0.136. The van der Waals surface area contributed by atoms with Gasteiger partial charge in [0.05, 0.1) is 18.5 Å². The first-order valence-electron chi connectivity index (χ1n) is 4.96. The van der Waals surface area contributed by atoms with Gasteiger partial charge < -0.3 is 15.6 Å². The van der Waals surface area contributed by atoms with Crippen molar-refractivity contribution < 1.29 is 23.1 Å². The number of carboxylic acid groups (broad SMARTS) is 1. The third kappa shape index (κ3) is 3.04. The van der Waals surface area contributed by atoms with Crippen LogP contribution in [0.5, 0.6) is 5.75 Å². The molecular weight excluding hydrogens is 260 g/mol. The van der Waals surface area contributed by atoms with E-state index in [0.29, 0.717) is 5.75 Å². The topological polar surface area (TPSA) is 119 Å². The fourth-order valence-corrected chi connectivity index (χ4v) is 2.08. The van der Waals surface area contributed by atoms with E-state index in [-0.39, 0.29) is 11.4 Å². The largest absolute Gasteiger partial charge is 0.495 e. The molecule has 18 heavy (non-hydrogen) atoms. The fraction of sp³-hybridized carbons (Fsp3) is 0.300. The van der Waals surface area contributed by atoms with Crippen molar-refractivity contribution in [2.75, 3.05) is 17.6 Å². The van der Waals surface area contributed by atoms with Crippen LogP contribution in [0, 0.1) is 0 Å². The number of carboxylic acids is 1. The molecule has 100 valence electrons. The van der Waals surface area contributed by atoms with Gasteiger partial charge in [0.15, 0.2) is 5.25 Å². The van der Waals surface area contributed by atoms with Crippen LogP contribution in [0.4, 0.5) is 11.4 Å². The van der Waals surface area contributed by atoms with Crippen LogP contribution in [0.1, 0.15) is 6.92 Å². The Morgan fingerprint density at radius 1 is 1.50 bits per heavy atom. The molecule has 0 saturated carbocycles. The molecule has 0 aromatic heterocycles. The molecule has 0 heterocycles. The lowest BCUT2D eigenvalue weighted by Crippen LogP contribution is -2.32. The number of ether oxygens (including phenoxy) is 1. The Balaban J connectivity index is 2.98. The van der Waals surface area contributed by atoms with E-state index in [1.807, 2.05) is 0 Å². The molecule has 0 radical (unpaired) electrons. The van der Waals surface area contributed by atoms with Crippen LogP contribution in [0.2, 0.25) is 0 Å². The standard InChI is InChI=1S/C10H14N2O5S/c1-6(10(13)14)18(15,16)12-7-3-4-9(17-2)8(11)5-7/h3-6,12H,11H2,1-2H3,(H,13,14). The van der Waals surface area contributed by atoms with Crippen LogP contribution in [-0.4, -0.2) is 31.9 Å².